The van der Waals surface area contributed by atoms with E-state index in [0.717, 1.165) is 18.4 Å². The molecule has 2 aliphatic rings. The molecule has 2 aromatic rings. The molecule has 4 rings (SSSR count). The van der Waals surface area contributed by atoms with Crippen molar-refractivity contribution in [3.63, 3.8) is 0 Å². The lowest BCUT2D eigenvalue weighted by Crippen LogP contribution is -2.27. The fourth-order valence-electron chi connectivity index (χ4n) is 3.68. The number of rotatable bonds is 3. The first-order valence-electron chi connectivity index (χ1n) is 7.82. The van der Waals surface area contributed by atoms with Crippen LogP contribution >= 0.6 is 11.3 Å². The Morgan fingerprint density at radius 3 is 3.05 bits per heavy atom. The van der Waals surface area contributed by atoms with Gasteiger partial charge in [-0.25, -0.2) is 0 Å². The van der Waals surface area contributed by atoms with Crippen LogP contribution in [0, 0.1) is 0 Å². The topological polar surface area (TPSA) is 12.5 Å². The Hall–Kier alpha value is -1.32. The van der Waals surface area contributed by atoms with Crippen LogP contribution in [0.15, 0.2) is 35.7 Å². The Bertz CT molecular complexity index is 622. The van der Waals surface area contributed by atoms with Gasteiger partial charge in [-0.05, 0) is 68.1 Å². The van der Waals surface area contributed by atoms with Gasteiger partial charge >= 0.3 is 0 Å². The average molecular weight is 299 g/mol. The summed E-state index contributed by atoms with van der Waals surface area (Å²) in [6.07, 6.45) is 3.92. The van der Waals surface area contributed by atoms with Crippen molar-refractivity contribution in [1.29, 1.82) is 0 Å². The van der Waals surface area contributed by atoms with Gasteiger partial charge in [-0.2, -0.15) is 0 Å². The predicted molar refractivity (Wildman–Crippen MR) is 88.3 cm³/mol. The molecule has 3 heteroatoms. The third kappa shape index (κ3) is 2.49. The minimum atomic E-state index is 0.561. The van der Waals surface area contributed by atoms with Crippen molar-refractivity contribution < 1.29 is 4.74 Å². The molecule has 0 bridgehead atoms. The maximum Gasteiger partial charge on any atom is 0.122 e. The third-order valence-electron chi connectivity index (χ3n) is 4.92. The second-order valence-electron chi connectivity index (χ2n) is 6.25. The monoisotopic (exact) mass is 299 g/mol. The van der Waals surface area contributed by atoms with Gasteiger partial charge in [0, 0.05) is 22.4 Å². The highest BCUT2D eigenvalue weighted by molar-refractivity contribution is 7.13. The summed E-state index contributed by atoms with van der Waals surface area (Å²) in [5.74, 6) is 1.66. The van der Waals surface area contributed by atoms with Crippen LogP contribution in [0.25, 0.3) is 10.4 Å². The van der Waals surface area contributed by atoms with E-state index in [9.17, 15) is 0 Å². The Morgan fingerprint density at radius 2 is 2.29 bits per heavy atom. The van der Waals surface area contributed by atoms with Crippen molar-refractivity contribution in [2.75, 3.05) is 20.2 Å². The molecule has 0 radical (unpaired) electrons. The molecule has 0 N–H and O–H groups in total. The molecule has 110 valence electrons. The molecule has 1 aromatic heterocycles. The molecule has 0 amide bonds. The zero-order valence-electron chi connectivity index (χ0n) is 12.4. The van der Waals surface area contributed by atoms with Gasteiger partial charge in [-0.3, -0.25) is 0 Å². The molecular formula is C18H21NOS. The Morgan fingerprint density at radius 1 is 1.33 bits per heavy atom. The highest BCUT2D eigenvalue weighted by atomic mass is 32.1. The molecule has 1 saturated heterocycles. The second-order valence-corrected chi connectivity index (χ2v) is 7.20. The largest absolute Gasteiger partial charge is 0.493 e. The number of nitrogens with zero attached hydrogens (tertiary/aromatic N) is 1. The second kappa shape index (κ2) is 5.47. The minimum Gasteiger partial charge on any atom is -0.493 e. The highest BCUT2D eigenvalue weighted by Gasteiger charge is 2.30. The van der Waals surface area contributed by atoms with Crippen LogP contribution in [0.4, 0.5) is 0 Å². The fraction of sp³-hybridized carbons (Fsp3) is 0.444. The van der Waals surface area contributed by atoms with Crippen LogP contribution < -0.4 is 4.74 Å². The van der Waals surface area contributed by atoms with Crippen molar-refractivity contribution in [2.45, 2.75) is 31.2 Å². The molecule has 21 heavy (non-hydrogen) atoms. The summed E-state index contributed by atoms with van der Waals surface area (Å²) in [5, 5.41) is 2.14. The number of likely N-dealkylation sites (tertiary alicyclic amines) is 1. The number of ether oxygens (including phenoxy) is 1. The normalized spacial score (nSPS) is 25.0. The fourth-order valence-corrected chi connectivity index (χ4v) is 4.40. The highest BCUT2D eigenvalue weighted by Crippen LogP contribution is 2.41. The zero-order chi connectivity index (χ0) is 14.2. The van der Waals surface area contributed by atoms with Crippen molar-refractivity contribution in [3.8, 4) is 16.2 Å². The number of fused-ring (bicyclic) bond motifs is 1. The average Bonchev–Trinajstić information content (AvgIpc) is 3.22. The molecule has 0 aliphatic carbocycles. The summed E-state index contributed by atoms with van der Waals surface area (Å²) in [4.78, 5) is 3.86. The lowest BCUT2D eigenvalue weighted by atomic mass is 9.92. The summed E-state index contributed by atoms with van der Waals surface area (Å²) < 4.78 is 5.91. The van der Waals surface area contributed by atoms with Crippen LogP contribution in [0.2, 0.25) is 0 Å². The summed E-state index contributed by atoms with van der Waals surface area (Å²) >= 11 is 1.81. The number of thiophene rings is 1. The number of hydrogen-bond donors (Lipinski definition) is 0. The molecule has 2 aliphatic heterocycles. The van der Waals surface area contributed by atoms with Gasteiger partial charge in [0.15, 0.2) is 0 Å². The van der Waals surface area contributed by atoms with E-state index in [1.54, 1.807) is 11.3 Å². The Labute approximate surface area is 130 Å². The maximum atomic E-state index is 5.91. The minimum absolute atomic E-state index is 0.561. The van der Waals surface area contributed by atoms with Crippen LogP contribution in [0.5, 0.6) is 5.75 Å². The van der Waals surface area contributed by atoms with E-state index >= 15 is 0 Å². The molecule has 2 nitrogen and oxygen atoms in total. The van der Waals surface area contributed by atoms with E-state index in [4.69, 9.17) is 4.74 Å². The van der Waals surface area contributed by atoms with Crippen LogP contribution in [-0.4, -0.2) is 31.1 Å². The number of benzene rings is 1. The standard InChI is InChI=1S/C18H21NOS/c1-19-8-2-4-15(19)10-14-12-20-17-7-6-13(11-16(14)17)18-5-3-9-21-18/h3,5-7,9,11,14-15H,2,4,8,10,12H2,1H3/t14?,15-/m1/s1. The lowest BCUT2D eigenvalue weighted by Gasteiger charge is -2.22. The van der Waals surface area contributed by atoms with Crippen molar-refractivity contribution in [2.24, 2.45) is 0 Å². The van der Waals surface area contributed by atoms with E-state index in [1.807, 2.05) is 0 Å². The van der Waals surface area contributed by atoms with E-state index in [0.29, 0.717) is 5.92 Å². The summed E-state index contributed by atoms with van der Waals surface area (Å²) in [6, 6.07) is 11.7. The summed E-state index contributed by atoms with van der Waals surface area (Å²) in [7, 11) is 2.26. The first kappa shape index (κ1) is 13.4. The van der Waals surface area contributed by atoms with Gasteiger partial charge in [-0.1, -0.05) is 6.07 Å². The van der Waals surface area contributed by atoms with Crippen LogP contribution in [-0.2, 0) is 0 Å². The first-order valence-corrected chi connectivity index (χ1v) is 8.70. The van der Waals surface area contributed by atoms with E-state index in [1.165, 1.54) is 41.8 Å². The number of hydrogen-bond acceptors (Lipinski definition) is 3. The van der Waals surface area contributed by atoms with Crippen molar-refractivity contribution in [1.82, 2.24) is 4.90 Å². The van der Waals surface area contributed by atoms with Crippen molar-refractivity contribution >= 4 is 11.3 Å². The molecular weight excluding hydrogens is 278 g/mol. The molecule has 3 heterocycles. The Kier molecular flexibility index (Phi) is 3.48. The third-order valence-corrected chi connectivity index (χ3v) is 5.84. The quantitative estimate of drug-likeness (QED) is 0.834. The van der Waals surface area contributed by atoms with Gasteiger partial charge in [-0.15, -0.1) is 11.3 Å². The first-order chi connectivity index (χ1) is 10.3. The van der Waals surface area contributed by atoms with Crippen molar-refractivity contribution in [3.05, 3.63) is 41.3 Å². The van der Waals surface area contributed by atoms with Crippen LogP contribution in [0.1, 0.15) is 30.7 Å². The predicted octanol–water partition coefficient (Wildman–Crippen LogP) is 4.38. The maximum absolute atomic E-state index is 5.91. The van der Waals surface area contributed by atoms with Gasteiger partial charge in [0.05, 0.1) is 6.61 Å². The van der Waals surface area contributed by atoms with Gasteiger partial charge in [0.2, 0.25) is 0 Å². The Balaban J connectivity index is 1.59. The van der Waals surface area contributed by atoms with Gasteiger partial charge < -0.3 is 9.64 Å². The van der Waals surface area contributed by atoms with Crippen LogP contribution in [0.3, 0.4) is 0 Å². The zero-order valence-corrected chi connectivity index (χ0v) is 13.2. The van der Waals surface area contributed by atoms with E-state index < -0.39 is 0 Å². The summed E-state index contributed by atoms with van der Waals surface area (Å²) in [5.41, 5.74) is 2.75. The van der Waals surface area contributed by atoms with E-state index in [2.05, 4.69) is 47.7 Å². The summed E-state index contributed by atoms with van der Waals surface area (Å²) in [6.45, 7) is 2.11. The molecule has 1 fully saturated rings. The SMILES string of the molecule is CN1CCC[C@@H]1CC1COc2ccc(-c3cccs3)cc21. The molecule has 0 saturated carbocycles. The molecule has 1 unspecified atom stereocenters. The molecule has 2 atom stereocenters. The molecule has 1 aromatic carbocycles. The van der Waals surface area contributed by atoms with Gasteiger partial charge in [0.25, 0.3) is 0 Å². The van der Waals surface area contributed by atoms with E-state index in [-0.39, 0.29) is 0 Å². The smallest absolute Gasteiger partial charge is 0.122 e. The lowest BCUT2D eigenvalue weighted by molar-refractivity contribution is 0.257. The molecule has 0 spiro atoms. The van der Waals surface area contributed by atoms with Gasteiger partial charge in [0.1, 0.15) is 5.75 Å².